The summed E-state index contributed by atoms with van der Waals surface area (Å²) in [6, 6.07) is 14.6. The van der Waals surface area contributed by atoms with E-state index in [0.717, 1.165) is 35.6 Å². The highest BCUT2D eigenvalue weighted by Gasteiger charge is 2.11. The molecule has 0 bridgehead atoms. The summed E-state index contributed by atoms with van der Waals surface area (Å²) >= 11 is 0. The van der Waals surface area contributed by atoms with E-state index in [1.165, 1.54) is 5.56 Å². The number of anilines is 1. The zero-order chi connectivity index (χ0) is 16.1. The molecule has 3 rings (SSSR count). The third-order valence-electron chi connectivity index (χ3n) is 3.88. The van der Waals surface area contributed by atoms with E-state index in [-0.39, 0.29) is 0 Å². The van der Waals surface area contributed by atoms with Crippen LogP contribution in [0.25, 0.3) is 11.1 Å². The summed E-state index contributed by atoms with van der Waals surface area (Å²) in [6.45, 7) is 5.19. The second-order valence-corrected chi connectivity index (χ2v) is 5.94. The van der Waals surface area contributed by atoms with Gasteiger partial charge in [-0.1, -0.05) is 44.2 Å². The molecule has 4 heteroatoms. The molecule has 118 valence electrons. The molecule has 1 aromatic carbocycles. The van der Waals surface area contributed by atoms with Gasteiger partial charge in [-0.2, -0.15) is 5.10 Å². The number of nitrogens with one attached hydrogen (secondary N) is 2. The number of hydrogen-bond acceptors (Lipinski definition) is 3. The quantitative estimate of drug-likeness (QED) is 0.716. The van der Waals surface area contributed by atoms with E-state index in [1.54, 1.807) is 0 Å². The molecule has 0 atom stereocenters. The maximum atomic E-state index is 4.41. The van der Waals surface area contributed by atoms with Crippen molar-refractivity contribution < 1.29 is 0 Å². The first kappa shape index (κ1) is 15.3. The van der Waals surface area contributed by atoms with Crippen molar-refractivity contribution in [3.63, 3.8) is 0 Å². The lowest BCUT2D eigenvalue weighted by Crippen LogP contribution is -2.06. The normalized spacial score (nSPS) is 10.9. The molecule has 3 aromatic rings. The maximum Gasteiger partial charge on any atom is 0.126 e. The molecule has 0 amide bonds. The van der Waals surface area contributed by atoms with Crippen molar-refractivity contribution in [3.8, 4) is 11.1 Å². The lowest BCUT2D eigenvalue weighted by atomic mass is 10.0. The van der Waals surface area contributed by atoms with Crippen LogP contribution in [0.4, 0.5) is 5.82 Å². The zero-order valence-corrected chi connectivity index (χ0v) is 13.6. The Bertz CT molecular complexity index is 747. The van der Waals surface area contributed by atoms with Crippen LogP contribution < -0.4 is 5.32 Å². The first-order valence-corrected chi connectivity index (χ1v) is 8.01. The van der Waals surface area contributed by atoms with Gasteiger partial charge in [-0.25, -0.2) is 4.98 Å². The number of hydrogen-bond donors (Lipinski definition) is 2. The average Bonchev–Trinajstić information content (AvgIpc) is 3.06. The Balaban J connectivity index is 1.69. The number of pyridine rings is 1. The van der Waals surface area contributed by atoms with E-state index in [0.29, 0.717) is 5.92 Å². The van der Waals surface area contributed by atoms with Crippen LogP contribution in [0.5, 0.6) is 0 Å². The van der Waals surface area contributed by atoms with Crippen LogP contribution in [-0.2, 0) is 6.42 Å². The molecule has 0 radical (unpaired) electrons. The van der Waals surface area contributed by atoms with Gasteiger partial charge < -0.3 is 5.32 Å². The van der Waals surface area contributed by atoms with Crippen molar-refractivity contribution in [1.82, 2.24) is 15.2 Å². The molecule has 23 heavy (non-hydrogen) atoms. The minimum Gasteiger partial charge on any atom is -0.370 e. The molecular weight excluding hydrogens is 284 g/mol. The Labute approximate surface area is 137 Å². The van der Waals surface area contributed by atoms with Gasteiger partial charge in [-0.15, -0.1) is 0 Å². The van der Waals surface area contributed by atoms with Gasteiger partial charge in [0.2, 0.25) is 0 Å². The van der Waals surface area contributed by atoms with Gasteiger partial charge in [-0.05, 0) is 35.6 Å². The maximum absolute atomic E-state index is 4.41. The molecule has 0 aliphatic rings. The van der Waals surface area contributed by atoms with Gasteiger partial charge in [0.1, 0.15) is 5.82 Å². The Morgan fingerprint density at radius 3 is 2.74 bits per heavy atom. The van der Waals surface area contributed by atoms with Crippen LogP contribution in [0, 0.1) is 0 Å². The number of benzene rings is 1. The smallest absolute Gasteiger partial charge is 0.126 e. The number of aromatic amines is 1. The highest BCUT2D eigenvalue weighted by atomic mass is 15.1. The fraction of sp³-hybridized carbons (Fsp3) is 0.263. The van der Waals surface area contributed by atoms with Gasteiger partial charge in [0.05, 0.1) is 6.20 Å². The molecule has 0 unspecified atom stereocenters. The molecule has 0 saturated heterocycles. The number of aromatic nitrogens is 3. The number of H-pyrrole nitrogens is 1. The fourth-order valence-corrected chi connectivity index (χ4v) is 2.64. The van der Waals surface area contributed by atoms with E-state index in [9.17, 15) is 0 Å². The lowest BCUT2D eigenvalue weighted by molar-refractivity contribution is 0.812. The second kappa shape index (κ2) is 7.09. The molecule has 2 N–H and O–H groups in total. The minimum absolute atomic E-state index is 0.412. The van der Waals surface area contributed by atoms with Crippen LogP contribution >= 0.6 is 0 Å². The molecule has 0 saturated carbocycles. The van der Waals surface area contributed by atoms with Crippen LogP contribution in [0.2, 0.25) is 0 Å². The van der Waals surface area contributed by atoms with Gasteiger partial charge >= 0.3 is 0 Å². The van der Waals surface area contributed by atoms with E-state index in [1.807, 2.05) is 24.5 Å². The van der Waals surface area contributed by atoms with Crippen molar-refractivity contribution in [2.24, 2.45) is 0 Å². The third-order valence-corrected chi connectivity index (χ3v) is 3.88. The standard InChI is InChI=1S/C19H22N4/c1-14(2)19-17(13-22-23-19)16-9-11-21-18(12-16)20-10-8-15-6-4-3-5-7-15/h3-7,9,11-14H,8,10H2,1-2H3,(H,20,21)(H,22,23). The summed E-state index contributed by atoms with van der Waals surface area (Å²) in [5.74, 6) is 1.31. The Morgan fingerprint density at radius 2 is 1.96 bits per heavy atom. The summed E-state index contributed by atoms with van der Waals surface area (Å²) in [4.78, 5) is 4.41. The van der Waals surface area contributed by atoms with Crippen molar-refractivity contribution in [3.05, 3.63) is 66.1 Å². The molecule has 2 heterocycles. The van der Waals surface area contributed by atoms with Crippen LogP contribution in [-0.4, -0.2) is 21.7 Å². The van der Waals surface area contributed by atoms with E-state index in [2.05, 4.69) is 64.7 Å². The Hall–Kier alpha value is -2.62. The van der Waals surface area contributed by atoms with E-state index in [4.69, 9.17) is 0 Å². The van der Waals surface area contributed by atoms with Crippen LogP contribution in [0.3, 0.4) is 0 Å². The number of nitrogens with zero attached hydrogens (tertiary/aromatic N) is 2. The van der Waals surface area contributed by atoms with Crippen LogP contribution in [0.15, 0.2) is 54.9 Å². The van der Waals surface area contributed by atoms with Crippen molar-refractivity contribution >= 4 is 5.82 Å². The molecular formula is C19H22N4. The third kappa shape index (κ3) is 3.77. The Morgan fingerprint density at radius 1 is 1.13 bits per heavy atom. The first-order chi connectivity index (χ1) is 11.2. The summed E-state index contributed by atoms with van der Waals surface area (Å²) in [5.41, 5.74) is 4.77. The topological polar surface area (TPSA) is 53.6 Å². The largest absolute Gasteiger partial charge is 0.370 e. The van der Waals surface area contributed by atoms with Gasteiger partial charge in [0, 0.05) is 24.0 Å². The van der Waals surface area contributed by atoms with Gasteiger partial charge in [-0.3, -0.25) is 5.10 Å². The molecule has 4 nitrogen and oxygen atoms in total. The highest BCUT2D eigenvalue weighted by Crippen LogP contribution is 2.28. The van der Waals surface area contributed by atoms with Gasteiger partial charge in [0.25, 0.3) is 0 Å². The Kier molecular flexibility index (Phi) is 4.71. The minimum atomic E-state index is 0.412. The summed E-state index contributed by atoms with van der Waals surface area (Å²) < 4.78 is 0. The van der Waals surface area contributed by atoms with Crippen molar-refractivity contribution in [2.75, 3.05) is 11.9 Å². The predicted octanol–water partition coefficient (Wildman–Crippen LogP) is 4.25. The first-order valence-electron chi connectivity index (χ1n) is 8.01. The summed E-state index contributed by atoms with van der Waals surface area (Å²) in [7, 11) is 0. The lowest BCUT2D eigenvalue weighted by Gasteiger charge is -2.09. The monoisotopic (exact) mass is 306 g/mol. The molecule has 0 spiro atoms. The molecule has 2 aromatic heterocycles. The van der Waals surface area contributed by atoms with Gasteiger partial charge in [0.15, 0.2) is 0 Å². The molecule has 0 aliphatic carbocycles. The molecule has 0 aliphatic heterocycles. The zero-order valence-electron chi connectivity index (χ0n) is 13.6. The fourth-order valence-electron chi connectivity index (χ4n) is 2.64. The van der Waals surface area contributed by atoms with Crippen molar-refractivity contribution in [1.29, 1.82) is 0 Å². The van der Waals surface area contributed by atoms with E-state index < -0.39 is 0 Å². The average molecular weight is 306 g/mol. The summed E-state index contributed by atoms with van der Waals surface area (Å²) in [5, 5.41) is 10.7. The summed E-state index contributed by atoms with van der Waals surface area (Å²) in [6.07, 6.45) is 4.71. The SMILES string of the molecule is CC(C)c1[nH]ncc1-c1ccnc(NCCc2ccccc2)c1. The predicted molar refractivity (Wildman–Crippen MR) is 94.5 cm³/mol. The molecule has 0 fully saturated rings. The van der Waals surface area contributed by atoms with Crippen LogP contribution in [0.1, 0.15) is 31.0 Å². The highest BCUT2D eigenvalue weighted by molar-refractivity contribution is 5.68. The van der Waals surface area contributed by atoms with E-state index >= 15 is 0 Å². The second-order valence-electron chi connectivity index (χ2n) is 5.94. The number of rotatable bonds is 6. The van der Waals surface area contributed by atoms with Crippen molar-refractivity contribution in [2.45, 2.75) is 26.2 Å².